The number of fused-ring (bicyclic) bond motifs is 1. The Morgan fingerprint density at radius 3 is 2.29 bits per heavy atom. The van der Waals surface area contributed by atoms with E-state index in [1.54, 1.807) is 0 Å². The summed E-state index contributed by atoms with van der Waals surface area (Å²) in [5, 5.41) is 0.715. The average molecular weight is 278 g/mol. The molecule has 3 nitrogen and oxygen atoms in total. The van der Waals surface area contributed by atoms with Gasteiger partial charge < -0.3 is 10.3 Å². The Bertz CT molecular complexity index is 848. The van der Waals surface area contributed by atoms with Gasteiger partial charge >= 0.3 is 0 Å². The van der Waals surface area contributed by atoms with Gasteiger partial charge in [-0.2, -0.15) is 0 Å². The summed E-state index contributed by atoms with van der Waals surface area (Å²) in [6, 6.07) is 17.3. The fraction of sp³-hybridized carbons (Fsp3) is 0.167. The molecule has 0 saturated carbocycles. The van der Waals surface area contributed by atoms with E-state index in [9.17, 15) is 4.79 Å². The summed E-state index contributed by atoms with van der Waals surface area (Å²) in [7, 11) is 1.98. The van der Waals surface area contributed by atoms with E-state index < -0.39 is 0 Å². The number of nitrogens with two attached hydrogens (primary N) is 1. The lowest BCUT2D eigenvalue weighted by molar-refractivity contribution is 0.793. The number of hydrogen-bond donors (Lipinski definition) is 1. The van der Waals surface area contributed by atoms with E-state index in [0.717, 1.165) is 16.8 Å². The third-order valence-corrected chi connectivity index (χ3v) is 3.85. The number of benzene rings is 2. The molecular formula is C18H18N2O. The van der Waals surface area contributed by atoms with Crippen molar-refractivity contribution in [1.29, 1.82) is 0 Å². The molecule has 1 unspecified atom stereocenters. The Morgan fingerprint density at radius 2 is 1.62 bits per heavy atom. The number of pyridine rings is 1. The second-order valence-electron chi connectivity index (χ2n) is 5.32. The van der Waals surface area contributed by atoms with Crippen LogP contribution in [-0.4, -0.2) is 4.57 Å². The van der Waals surface area contributed by atoms with Gasteiger partial charge in [0.2, 0.25) is 0 Å². The van der Waals surface area contributed by atoms with Crippen LogP contribution in [0.25, 0.3) is 22.2 Å². The molecule has 0 spiro atoms. The maximum absolute atomic E-state index is 12.8. The summed E-state index contributed by atoms with van der Waals surface area (Å²) in [5.41, 5.74) is 9.62. The highest BCUT2D eigenvalue weighted by molar-refractivity contribution is 5.84. The SMILES string of the molecule is CC(N)c1c(-c2ccccc2)n(C)c2ccccc2c1=O. The van der Waals surface area contributed by atoms with E-state index in [4.69, 9.17) is 5.73 Å². The molecule has 106 valence electrons. The summed E-state index contributed by atoms with van der Waals surface area (Å²) < 4.78 is 2.06. The Hall–Kier alpha value is -2.39. The molecule has 3 rings (SSSR count). The zero-order chi connectivity index (χ0) is 15.0. The van der Waals surface area contributed by atoms with Crippen LogP contribution in [0.1, 0.15) is 18.5 Å². The van der Waals surface area contributed by atoms with Gasteiger partial charge in [-0.25, -0.2) is 0 Å². The van der Waals surface area contributed by atoms with Crippen LogP contribution in [0.4, 0.5) is 0 Å². The van der Waals surface area contributed by atoms with Crippen molar-refractivity contribution in [3.8, 4) is 11.3 Å². The molecule has 3 aromatic rings. The molecule has 0 radical (unpaired) electrons. The number of hydrogen-bond acceptors (Lipinski definition) is 2. The standard InChI is InChI=1S/C18H18N2O/c1-12(19)16-17(13-8-4-3-5-9-13)20(2)15-11-7-6-10-14(15)18(16)21/h3-12H,19H2,1-2H3. The number of aryl methyl sites for hydroxylation is 1. The van der Waals surface area contributed by atoms with E-state index in [2.05, 4.69) is 4.57 Å². The molecule has 0 fully saturated rings. The fourth-order valence-electron chi connectivity index (χ4n) is 2.88. The third kappa shape index (κ3) is 2.16. The molecule has 0 aliphatic heterocycles. The molecule has 2 aromatic carbocycles. The monoisotopic (exact) mass is 278 g/mol. The minimum atomic E-state index is -0.316. The van der Waals surface area contributed by atoms with Gasteiger partial charge in [0.05, 0.1) is 11.2 Å². The second kappa shape index (κ2) is 5.19. The van der Waals surface area contributed by atoms with E-state index in [1.807, 2.05) is 68.6 Å². The van der Waals surface area contributed by atoms with Crippen molar-refractivity contribution < 1.29 is 0 Å². The van der Waals surface area contributed by atoms with Crippen molar-refractivity contribution in [3.63, 3.8) is 0 Å². The second-order valence-corrected chi connectivity index (χ2v) is 5.32. The smallest absolute Gasteiger partial charge is 0.194 e. The highest BCUT2D eigenvalue weighted by Crippen LogP contribution is 2.27. The highest BCUT2D eigenvalue weighted by atomic mass is 16.1. The largest absolute Gasteiger partial charge is 0.343 e. The first-order chi connectivity index (χ1) is 10.1. The summed E-state index contributed by atoms with van der Waals surface area (Å²) in [6.45, 7) is 1.86. The zero-order valence-corrected chi connectivity index (χ0v) is 12.2. The highest BCUT2D eigenvalue weighted by Gasteiger charge is 2.18. The van der Waals surface area contributed by atoms with Crippen LogP contribution in [0.5, 0.6) is 0 Å². The van der Waals surface area contributed by atoms with E-state index in [-0.39, 0.29) is 11.5 Å². The first-order valence-corrected chi connectivity index (χ1v) is 7.04. The number of para-hydroxylation sites is 1. The number of nitrogens with zero attached hydrogens (tertiary/aromatic N) is 1. The topological polar surface area (TPSA) is 48.0 Å². The van der Waals surface area contributed by atoms with Gasteiger partial charge in [0, 0.05) is 24.0 Å². The van der Waals surface area contributed by atoms with Crippen molar-refractivity contribution in [3.05, 3.63) is 70.4 Å². The summed E-state index contributed by atoms with van der Waals surface area (Å²) in [5.74, 6) is 0. The summed E-state index contributed by atoms with van der Waals surface area (Å²) >= 11 is 0. The molecule has 1 atom stereocenters. The Morgan fingerprint density at radius 1 is 1.00 bits per heavy atom. The minimum Gasteiger partial charge on any atom is -0.343 e. The molecule has 1 heterocycles. The quantitative estimate of drug-likeness (QED) is 0.782. The lowest BCUT2D eigenvalue weighted by Crippen LogP contribution is -2.22. The molecule has 3 heteroatoms. The molecule has 0 amide bonds. The van der Waals surface area contributed by atoms with Gasteiger partial charge in [0.15, 0.2) is 5.43 Å². The van der Waals surface area contributed by atoms with Gasteiger partial charge in [-0.3, -0.25) is 4.79 Å². The Labute approximate surface area is 123 Å². The van der Waals surface area contributed by atoms with Gasteiger partial charge in [-0.1, -0.05) is 42.5 Å². The van der Waals surface area contributed by atoms with Crippen LogP contribution in [0.3, 0.4) is 0 Å². The van der Waals surface area contributed by atoms with Crippen molar-refractivity contribution in [2.45, 2.75) is 13.0 Å². The summed E-state index contributed by atoms with van der Waals surface area (Å²) in [6.07, 6.45) is 0. The van der Waals surface area contributed by atoms with Crippen molar-refractivity contribution in [2.24, 2.45) is 12.8 Å². The first-order valence-electron chi connectivity index (χ1n) is 7.04. The summed E-state index contributed by atoms with van der Waals surface area (Å²) in [4.78, 5) is 12.8. The number of aromatic nitrogens is 1. The fourth-order valence-corrected chi connectivity index (χ4v) is 2.88. The minimum absolute atomic E-state index is 0.0255. The van der Waals surface area contributed by atoms with Gasteiger partial charge in [0.25, 0.3) is 0 Å². The molecule has 0 saturated heterocycles. The molecule has 0 bridgehead atoms. The Kier molecular flexibility index (Phi) is 3.35. The lowest BCUT2D eigenvalue weighted by Gasteiger charge is -2.19. The van der Waals surface area contributed by atoms with E-state index >= 15 is 0 Å². The normalized spacial score (nSPS) is 12.5. The van der Waals surface area contributed by atoms with Crippen LogP contribution in [0.2, 0.25) is 0 Å². The maximum Gasteiger partial charge on any atom is 0.194 e. The molecule has 1 aromatic heterocycles. The zero-order valence-electron chi connectivity index (χ0n) is 12.2. The van der Waals surface area contributed by atoms with Crippen LogP contribution < -0.4 is 11.2 Å². The van der Waals surface area contributed by atoms with Gasteiger partial charge in [0.1, 0.15) is 0 Å². The molecule has 0 aliphatic carbocycles. The van der Waals surface area contributed by atoms with Crippen LogP contribution >= 0.6 is 0 Å². The van der Waals surface area contributed by atoms with Crippen molar-refractivity contribution in [1.82, 2.24) is 4.57 Å². The maximum atomic E-state index is 12.8. The molecular weight excluding hydrogens is 260 g/mol. The van der Waals surface area contributed by atoms with Gasteiger partial charge in [-0.05, 0) is 24.6 Å². The van der Waals surface area contributed by atoms with Crippen molar-refractivity contribution >= 4 is 10.9 Å². The van der Waals surface area contributed by atoms with Crippen LogP contribution in [-0.2, 0) is 7.05 Å². The predicted molar refractivity (Wildman–Crippen MR) is 87.2 cm³/mol. The lowest BCUT2D eigenvalue weighted by atomic mass is 9.97. The predicted octanol–water partition coefficient (Wildman–Crippen LogP) is 3.23. The van der Waals surface area contributed by atoms with Crippen molar-refractivity contribution in [2.75, 3.05) is 0 Å². The third-order valence-electron chi connectivity index (χ3n) is 3.85. The average Bonchev–Trinajstić information content (AvgIpc) is 2.51. The van der Waals surface area contributed by atoms with Gasteiger partial charge in [-0.15, -0.1) is 0 Å². The first kappa shape index (κ1) is 13.6. The van der Waals surface area contributed by atoms with Crippen LogP contribution in [0, 0.1) is 0 Å². The molecule has 0 aliphatic rings. The van der Waals surface area contributed by atoms with Crippen LogP contribution in [0.15, 0.2) is 59.4 Å². The Balaban J connectivity index is 2.51. The molecule has 21 heavy (non-hydrogen) atoms. The van der Waals surface area contributed by atoms with E-state index in [0.29, 0.717) is 10.9 Å². The molecule has 2 N–H and O–H groups in total. The number of rotatable bonds is 2. The van der Waals surface area contributed by atoms with E-state index in [1.165, 1.54) is 0 Å².